The van der Waals surface area contributed by atoms with Gasteiger partial charge in [-0.25, -0.2) is 0 Å². The highest BCUT2D eigenvalue weighted by Gasteiger charge is 2.48. The third-order valence-corrected chi connectivity index (χ3v) is 2.19. The van der Waals surface area contributed by atoms with E-state index in [1.807, 2.05) is 19.9 Å². The molecule has 0 aromatic carbocycles. The van der Waals surface area contributed by atoms with Gasteiger partial charge < -0.3 is 5.11 Å². The molecule has 0 aliphatic rings. The minimum absolute atomic E-state index is 0.525. The van der Waals surface area contributed by atoms with Crippen LogP contribution in [0.5, 0.6) is 0 Å². The van der Waals surface area contributed by atoms with Crippen molar-refractivity contribution >= 4 is 0 Å². The highest BCUT2D eigenvalue weighted by Crippen LogP contribution is 2.32. The number of halogens is 3. The molecule has 0 bridgehead atoms. The summed E-state index contributed by atoms with van der Waals surface area (Å²) in [6.45, 7) is 6.23. The van der Waals surface area contributed by atoms with E-state index >= 15 is 0 Å². The summed E-state index contributed by atoms with van der Waals surface area (Å²) in [6.07, 6.45) is -0.563. The van der Waals surface area contributed by atoms with Gasteiger partial charge in [0, 0.05) is 0 Å². The van der Waals surface area contributed by atoms with Gasteiger partial charge in [-0.1, -0.05) is 17.2 Å². The smallest absolute Gasteiger partial charge is 0.377 e. The first-order chi connectivity index (χ1) is 7.06. The Morgan fingerprint density at radius 1 is 1.19 bits per heavy atom. The third kappa shape index (κ3) is 5.35. The highest BCUT2D eigenvalue weighted by atomic mass is 19.4. The largest absolute Gasteiger partial charge is 0.420 e. The molecule has 4 heteroatoms. The summed E-state index contributed by atoms with van der Waals surface area (Å²) in [5.74, 6) is 0. The molecule has 0 aromatic rings. The van der Waals surface area contributed by atoms with Crippen molar-refractivity contribution in [1.82, 2.24) is 0 Å². The van der Waals surface area contributed by atoms with Gasteiger partial charge in [0.1, 0.15) is 0 Å². The van der Waals surface area contributed by atoms with Crippen molar-refractivity contribution in [1.29, 1.82) is 0 Å². The first kappa shape index (κ1) is 15.2. The van der Waals surface area contributed by atoms with Crippen LogP contribution in [-0.2, 0) is 0 Å². The molecule has 0 heterocycles. The number of hydrogen-bond acceptors (Lipinski definition) is 1. The molecule has 0 radical (unpaired) electrons. The molecule has 0 fully saturated rings. The van der Waals surface area contributed by atoms with Crippen LogP contribution in [-0.4, -0.2) is 16.9 Å². The summed E-state index contributed by atoms with van der Waals surface area (Å²) in [6, 6.07) is 0. The normalized spacial score (nSPS) is 16.9. The average molecular weight is 236 g/mol. The van der Waals surface area contributed by atoms with E-state index in [0.29, 0.717) is 18.4 Å². The lowest BCUT2D eigenvalue weighted by molar-refractivity contribution is -0.232. The number of rotatable bonds is 4. The SMILES string of the molecule is CC(C)=CCC/C(C)=C/C(C)(O)C(F)(F)F. The van der Waals surface area contributed by atoms with E-state index in [1.165, 1.54) is 0 Å². The fourth-order valence-electron chi connectivity index (χ4n) is 1.22. The van der Waals surface area contributed by atoms with Gasteiger partial charge in [-0.15, -0.1) is 0 Å². The standard InChI is InChI=1S/C12H19F3O/c1-9(2)6-5-7-10(3)8-11(4,16)12(13,14)15/h6,8,16H,5,7H2,1-4H3/b10-8+. The predicted octanol–water partition coefficient (Wildman–Crippen LogP) is 3.99. The summed E-state index contributed by atoms with van der Waals surface area (Å²) in [5.41, 5.74) is -1.06. The minimum atomic E-state index is -4.62. The van der Waals surface area contributed by atoms with Crippen molar-refractivity contribution in [3.63, 3.8) is 0 Å². The molecular formula is C12H19F3O. The molecule has 1 N–H and O–H groups in total. The van der Waals surface area contributed by atoms with Crippen LogP contribution >= 0.6 is 0 Å². The zero-order valence-corrected chi connectivity index (χ0v) is 10.2. The molecule has 0 rings (SSSR count). The second-order valence-electron chi connectivity index (χ2n) is 4.46. The van der Waals surface area contributed by atoms with Crippen LogP contribution in [0.2, 0.25) is 0 Å². The maximum Gasteiger partial charge on any atom is 0.420 e. The van der Waals surface area contributed by atoms with Crippen molar-refractivity contribution in [2.75, 3.05) is 0 Å². The number of aliphatic hydroxyl groups is 1. The molecule has 16 heavy (non-hydrogen) atoms. The molecular weight excluding hydrogens is 217 g/mol. The fourth-order valence-corrected chi connectivity index (χ4v) is 1.22. The van der Waals surface area contributed by atoms with E-state index in [4.69, 9.17) is 0 Å². The van der Waals surface area contributed by atoms with Crippen LogP contribution < -0.4 is 0 Å². The Morgan fingerprint density at radius 2 is 1.69 bits per heavy atom. The van der Waals surface area contributed by atoms with Gasteiger partial charge in [0.25, 0.3) is 0 Å². The van der Waals surface area contributed by atoms with Crippen LogP contribution in [0.3, 0.4) is 0 Å². The van der Waals surface area contributed by atoms with Gasteiger partial charge in [0.2, 0.25) is 0 Å². The van der Waals surface area contributed by atoms with E-state index in [0.717, 1.165) is 18.6 Å². The maximum atomic E-state index is 12.3. The molecule has 0 aliphatic carbocycles. The third-order valence-electron chi connectivity index (χ3n) is 2.19. The number of hydrogen-bond donors (Lipinski definition) is 1. The zero-order chi connectivity index (χ0) is 13.0. The summed E-state index contributed by atoms with van der Waals surface area (Å²) in [7, 11) is 0. The summed E-state index contributed by atoms with van der Waals surface area (Å²) < 4.78 is 37.0. The quantitative estimate of drug-likeness (QED) is 0.732. The highest BCUT2D eigenvalue weighted by molar-refractivity contribution is 5.11. The van der Waals surface area contributed by atoms with E-state index in [2.05, 4.69) is 0 Å². The van der Waals surface area contributed by atoms with Gasteiger partial charge in [0.05, 0.1) is 0 Å². The Morgan fingerprint density at radius 3 is 2.06 bits per heavy atom. The Hall–Kier alpha value is -0.770. The van der Waals surface area contributed by atoms with Crippen LogP contribution in [0.25, 0.3) is 0 Å². The monoisotopic (exact) mass is 236 g/mol. The topological polar surface area (TPSA) is 20.2 Å². The van der Waals surface area contributed by atoms with Crippen molar-refractivity contribution in [3.05, 3.63) is 23.3 Å². The molecule has 0 saturated heterocycles. The van der Waals surface area contributed by atoms with Crippen LogP contribution in [0.4, 0.5) is 13.2 Å². The van der Waals surface area contributed by atoms with Gasteiger partial charge in [0.15, 0.2) is 5.60 Å². The molecule has 0 aromatic heterocycles. The van der Waals surface area contributed by atoms with Crippen molar-refractivity contribution in [3.8, 4) is 0 Å². The second kappa shape index (κ2) is 5.53. The first-order valence-electron chi connectivity index (χ1n) is 5.17. The Labute approximate surface area is 94.7 Å². The summed E-state index contributed by atoms with van der Waals surface area (Å²) >= 11 is 0. The van der Waals surface area contributed by atoms with E-state index in [1.54, 1.807) is 6.92 Å². The Balaban J connectivity index is 4.49. The van der Waals surface area contributed by atoms with Gasteiger partial charge in [-0.2, -0.15) is 13.2 Å². The number of allylic oxidation sites excluding steroid dienone is 3. The fraction of sp³-hybridized carbons (Fsp3) is 0.667. The molecule has 0 spiro atoms. The van der Waals surface area contributed by atoms with Crippen molar-refractivity contribution < 1.29 is 18.3 Å². The molecule has 94 valence electrons. The minimum Gasteiger partial charge on any atom is -0.377 e. The maximum absolute atomic E-state index is 12.3. The average Bonchev–Trinajstić information content (AvgIpc) is 1.99. The molecule has 0 amide bonds. The lowest BCUT2D eigenvalue weighted by Crippen LogP contribution is -2.40. The van der Waals surface area contributed by atoms with Gasteiger partial charge in [-0.05, 0) is 46.6 Å². The van der Waals surface area contributed by atoms with Crippen molar-refractivity contribution in [2.24, 2.45) is 0 Å². The first-order valence-corrected chi connectivity index (χ1v) is 5.17. The molecule has 0 saturated carbocycles. The predicted molar refractivity (Wildman–Crippen MR) is 59.1 cm³/mol. The van der Waals surface area contributed by atoms with E-state index in [9.17, 15) is 18.3 Å². The van der Waals surface area contributed by atoms with Crippen molar-refractivity contribution in [2.45, 2.75) is 52.3 Å². The summed E-state index contributed by atoms with van der Waals surface area (Å²) in [5, 5.41) is 9.21. The Bertz CT molecular complexity index is 281. The summed E-state index contributed by atoms with van der Waals surface area (Å²) in [4.78, 5) is 0. The number of alkyl halides is 3. The second-order valence-corrected chi connectivity index (χ2v) is 4.46. The molecule has 1 unspecified atom stereocenters. The van der Waals surface area contributed by atoms with Crippen LogP contribution in [0.1, 0.15) is 40.5 Å². The zero-order valence-electron chi connectivity index (χ0n) is 10.2. The van der Waals surface area contributed by atoms with E-state index < -0.39 is 11.8 Å². The van der Waals surface area contributed by atoms with Gasteiger partial charge in [-0.3, -0.25) is 0 Å². The molecule has 1 atom stereocenters. The Kier molecular flexibility index (Phi) is 5.26. The molecule has 0 aliphatic heterocycles. The van der Waals surface area contributed by atoms with Crippen LogP contribution in [0, 0.1) is 0 Å². The lowest BCUT2D eigenvalue weighted by Gasteiger charge is -2.23. The van der Waals surface area contributed by atoms with Gasteiger partial charge >= 0.3 is 6.18 Å². The molecule has 1 nitrogen and oxygen atoms in total. The lowest BCUT2D eigenvalue weighted by atomic mass is 10.0. The van der Waals surface area contributed by atoms with Crippen LogP contribution in [0.15, 0.2) is 23.3 Å². The van der Waals surface area contributed by atoms with E-state index in [-0.39, 0.29) is 0 Å².